The maximum absolute atomic E-state index is 11.5. The van der Waals surface area contributed by atoms with Crippen LogP contribution in [0.3, 0.4) is 0 Å². The summed E-state index contributed by atoms with van der Waals surface area (Å²) in [5.41, 5.74) is 5.39. The van der Waals surface area contributed by atoms with Crippen LogP contribution in [0.4, 0.5) is 0 Å². The Kier molecular flexibility index (Phi) is 11.4. The second kappa shape index (κ2) is 14.5. The number of hydrogen-bond donors (Lipinski definition) is 2. The van der Waals surface area contributed by atoms with Crippen LogP contribution in [0.1, 0.15) is 127 Å². The number of hydrogen-bond acceptors (Lipinski definition) is 2. The fourth-order valence-electron chi connectivity index (χ4n) is 5.65. The minimum atomic E-state index is 0.339. The van der Waals surface area contributed by atoms with Crippen LogP contribution in [-0.4, -0.2) is 10.2 Å². The number of rotatable bonds is 16. The zero-order valence-electron chi connectivity index (χ0n) is 23.5. The van der Waals surface area contributed by atoms with Crippen molar-refractivity contribution in [1.29, 1.82) is 0 Å². The fourth-order valence-corrected chi connectivity index (χ4v) is 5.65. The van der Waals surface area contributed by atoms with Crippen molar-refractivity contribution in [3.8, 4) is 11.5 Å². The van der Waals surface area contributed by atoms with E-state index in [9.17, 15) is 10.2 Å². The number of phenols is 2. The predicted octanol–water partition coefficient (Wildman–Crippen LogP) is 10.3. The van der Waals surface area contributed by atoms with Crippen LogP contribution in [0, 0.1) is 0 Å². The van der Waals surface area contributed by atoms with E-state index in [4.69, 9.17) is 0 Å². The van der Waals surface area contributed by atoms with Gasteiger partial charge < -0.3 is 10.2 Å². The SMILES string of the molecule is CCCCCc1cc2c(O)c3cc(CCCCC)c(CCCCC)cc3c(O)c2cc1CCCCC. The molecule has 0 radical (unpaired) electrons. The van der Waals surface area contributed by atoms with E-state index in [0.717, 1.165) is 47.2 Å². The van der Waals surface area contributed by atoms with E-state index in [0.29, 0.717) is 11.5 Å². The monoisotopic (exact) mass is 490 g/mol. The Labute approximate surface area is 220 Å². The quantitative estimate of drug-likeness (QED) is 0.119. The first-order valence-electron chi connectivity index (χ1n) is 15.0. The molecule has 0 aromatic heterocycles. The molecule has 2 N–H and O–H groups in total. The van der Waals surface area contributed by atoms with Crippen molar-refractivity contribution >= 4 is 21.5 Å². The minimum absolute atomic E-state index is 0.339. The second-order valence-electron chi connectivity index (χ2n) is 10.9. The number of aryl methyl sites for hydroxylation is 4. The van der Waals surface area contributed by atoms with Crippen LogP contribution in [0.25, 0.3) is 21.5 Å². The number of unbranched alkanes of at least 4 members (excludes halogenated alkanes) is 8. The Hall–Kier alpha value is -2.22. The van der Waals surface area contributed by atoms with Crippen molar-refractivity contribution in [2.75, 3.05) is 0 Å². The lowest BCUT2D eigenvalue weighted by atomic mass is 9.88. The molecule has 2 nitrogen and oxygen atoms in total. The summed E-state index contributed by atoms with van der Waals surface area (Å²) in [5.74, 6) is 0.679. The van der Waals surface area contributed by atoms with E-state index in [2.05, 4.69) is 52.0 Å². The van der Waals surface area contributed by atoms with Crippen LogP contribution in [0.15, 0.2) is 24.3 Å². The van der Waals surface area contributed by atoms with Gasteiger partial charge in [-0.15, -0.1) is 0 Å². The molecule has 3 aromatic rings. The van der Waals surface area contributed by atoms with Gasteiger partial charge in [-0.3, -0.25) is 0 Å². The van der Waals surface area contributed by atoms with Crippen molar-refractivity contribution in [2.24, 2.45) is 0 Å². The standard InChI is InChI=1S/C34H50O2/c1-5-9-13-17-25-21-29-30(22-26(25)18-14-10-6-2)34(36)32-24-28(20-16-12-8-4)27(19-15-11-7-3)23-31(32)33(29)35/h21-24,35-36H,5-20H2,1-4H3. The van der Waals surface area contributed by atoms with Gasteiger partial charge in [-0.1, -0.05) is 79.1 Å². The van der Waals surface area contributed by atoms with E-state index in [1.807, 2.05) is 0 Å². The van der Waals surface area contributed by atoms with Gasteiger partial charge >= 0.3 is 0 Å². The first-order valence-corrected chi connectivity index (χ1v) is 15.0. The molecule has 3 aromatic carbocycles. The number of fused-ring (bicyclic) bond motifs is 2. The molecule has 3 rings (SSSR count). The Bertz CT molecular complexity index is 939. The topological polar surface area (TPSA) is 40.5 Å². The first kappa shape index (κ1) is 28.4. The van der Waals surface area contributed by atoms with Crippen molar-refractivity contribution in [3.63, 3.8) is 0 Å². The summed E-state index contributed by atoms with van der Waals surface area (Å²) in [6.07, 6.45) is 18.6. The minimum Gasteiger partial charge on any atom is -0.507 e. The lowest BCUT2D eigenvalue weighted by Gasteiger charge is -2.18. The molecule has 0 saturated heterocycles. The summed E-state index contributed by atoms with van der Waals surface area (Å²) < 4.78 is 0. The highest BCUT2D eigenvalue weighted by atomic mass is 16.3. The molecule has 0 bridgehead atoms. The average molecular weight is 491 g/mol. The van der Waals surface area contributed by atoms with Gasteiger partial charge in [-0.05, 0) is 97.9 Å². The Morgan fingerprint density at radius 2 is 0.611 bits per heavy atom. The van der Waals surface area contributed by atoms with Gasteiger partial charge in [-0.2, -0.15) is 0 Å². The summed E-state index contributed by atoms with van der Waals surface area (Å²) in [6.45, 7) is 8.97. The molecule has 0 aliphatic heterocycles. The van der Waals surface area contributed by atoms with Gasteiger partial charge in [0.1, 0.15) is 11.5 Å². The van der Waals surface area contributed by atoms with E-state index < -0.39 is 0 Å². The molecule has 0 amide bonds. The molecule has 0 aliphatic carbocycles. The lowest BCUT2D eigenvalue weighted by molar-refractivity contribution is 0.478. The van der Waals surface area contributed by atoms with Crippen LogP contribution in [0.5, 0.6) is 11.5 Å². The molecule has 0 spiro atoms. The van der Waals surface area contributed by atoms with Gasteiger partial charge in [0.2, 0.25) is 0 Å². The van der Waals surface area contributed by atoms with Crippen LogP contribution in [-0.2, 0) is 25.7 Å². The third kappa shape index (κ3) is 6.96. The maximum Gasteiger partial charge on any atom is 0.131 e. The van der Waals surface area contributed by atoms with Gasteiger partial charge in [0, 0.05) is 21.5 Å². The van der Waals surface area contributed by atoms with Crippen molar-refractivity contribution in [3.05, 3.63) is 46.5 Å². The molecular formula is C34H50O2. The summed E-state index contributed by atoms with van der Waals surface area (Å²) in [6, 6.07) is 8.75. The lowest BCUT2D eigenvalue weighted by Crippen LogP contribution is -1.99. The number of phenolic OH excluding ortho intramolecular Hbond substituents is 2. The van der Waals surface area contributed by atoms with Crippen LogP contribution >= 0.6 is 0 Å². The summed E-state index contributed by atoms with van der Waals surface area (Å²) in [4.78, 5) is 0. The van der Waals surface area contributed by atoms with E-state index in [1.165, 1.54) is 99.3 Å². The number of aromatic hydroxyl groups is 2. The summed E-state index contributed by atoms with van der Waals surface area (Å²) in [7, 11) is 0. The molecule has 36 heavy (non-hydrogen) atoms. The first-order chi connectivity index (χ1) is 17.5. The fraction of sp³-hybridized carbons (Fsp3) is 0.588. The van der Waals surface area contributed by atoms with Crippen LogP contribution < -0.4 is 0 Å². The molecule has 0 fully saturated rings. The summed E-state index contributed by atoms with van der Waals surface area (Å²) in [5, 5.41) is 26.3. The third-order valence-corrected chi connectivity index (χ3v) is 7.90. The smallest absolute Gasteiger partial charge is 0.131 e. The molecule has 0 unspecified atom stereocenters. The highest BCUT2D eigenvalue weighted by molar-refractivity contribution is 6.11. The largest absolute Gasteiger partial charge is 0.507 e. The molecule has 0 aliphatic rings. The zero-order chi connectivity index (χ0) is 25.9. The summed E-state index contributed by atoms with van der Waals surface area (Å²) >= 11 is 0. The van der Waals surface area contributed by atoms with Gasteiger partial charge in [0.15, 0.2) is 0 Å². The van der Waals surface area contributed by atoms with Gasteiger partial charge in [0.05, 0.1) is 0 Å². The highest BCUT2D eigenvalue weighted by Crippen LogP contribution is 2.44. The Morgan fingerprint density at radius 3 is 0.806 bits per heavy atom. The Balaban J connectivity index is 2.15. The molecule has 198 valence electrons. The second-order valence-corrected chi connectivity index (χ2v) is 10.9. The normalized spacial score (nSPS) is 11.7. The van der Waals surface area contributed by atoms with Crippen molar-refractivity contribution < 1.29 is 10.2 Å². The van der Waals surface area contributed by atoms with E-state index >= 15 is 0 Å². The molecular weight excluding hydrogens is 440 g/mol. The maximum atomic E-state index is 11.5. The van der Waals surface area contributed by atoms with Gasteiger partial charge in [0.25, 0.3) is 0 Å². The van der Waals surface area contributed by atoms with Crippen molar-refractivity contribution in [1.82, 2.24) is 0 Å². The zero-order valence-corrected chi connectivity index (χ0v) is 23.5. The third-order valence-electron chi connectivity index (χ3n) is 7.90. The highest BCUT2D eigenvalue weighted by Gasteiger charge is 2.18. The average Bonchev–Trinajstić information content (AvgIpc) is 2.88. The van der Waals surface area contributed by atoms with Gasteiger partial charge in [-0.25, -0.2) is 0 Å². The predicted molar refractivity (Wildman–Crippen MR) is 158 cm³/mol. The number of benzene rings is 3. The molecule has 0 heterocycles. The molecule has 0 atom stereocenters. The molecule has 2 heteroatoms. The Morgan fingerprint density at radius 1 is 0.389 bits per heavy atom. The molecule has 0 saturated carbocycles. The van der Waals surface area contributed by atoms with Crippen LogP contribution in [0.2, 0.25) is 0 Å². The van der Waals surface area contributed by atoms with E-state index in [1.54, 1.807) is 0 Å². The van der Waals surface area contributed by atoms with E-state index in [-0.39, 0.29) is 0 Å². The van der Waals surface area contributed by atoms with Crippen molar-refractivity contribution in [2.45, 2.75) is 130 Å².